The molecule has 1 amide bonds. The first-order valence-electron chi connectivity index (χ1n) is 9.68. The van der Waals surface area contributed by atoms with Crippen molar-refractivity contribution in [2.45, 2.75) is 38.8 Å². The van der Waals surface area contributed by atoms with Gasteiger partial charge in [0.05, 0.1) is 0 Å². The first-order chi connectivity index (χ1) is 14.4. The van der Waals surface area contributed by atoms with Crippen LogP contribution in [0.3, 0.4) is 0 Å². The topological polar surface area (TPSA) is 106 Å². The molecule has 7 heteroatoms. The van der Waals surface area contributed by atoms with Crippen LogP contribution in [-0.4, -0.2) is 29.1 Å². The molecule has 0 fully saturated rings. The minimum absolute atomic E-state index is 0.162. The molecule has 7 nitrogen and oxygen atoms in total. The summed E-state index contributed by atoms with van der Waals surface area (Å²) in [6.07, 6.45) is -0.101. The third-order valence-electron chi connectivity index (χ3n) is 4.76. The van der Waals surface area contributed by atoms with Crippen LogP contribution in [-0.2, 0) is 22.4 Å². The van der Waals surface area contributed by atoms with Crippen molar-refractivity contribution in [2.75, 3.05) is 0 Å². The van der Waals surface area contributed by atoms with Gasteiger partial charge in [-0.05, 0) is 36.6 Å². The molecule has 0 aliphatic heterocycles. The number of nitrogens with one attached hydrogen (secondary N) is 1. The molecule has 2 atom stereocenters. The Morgan fingerprint density at radius 1 is 1.13 bits per heavy atom. The Balaban J connectivity index is 1.71. The van der Waals surface area contributed by atoms with Crippen molar-refractivity contribution in [3.63, 3.8) is 0 Å². The highest BCUT2D eigenvalue weighted by molar-refractivity contribution is 5.87. The largest absolute Gasteiger partial charge is 0.481 e. The van der Waals surface area contributed by atoms with Crippen LogP contribution in [0.1, 0.15) is 25.0 Å². The maximum absolute atomic E-state index is 12.5. The fourth-order valence-corrected chi connectivity index (χ4v) is 3.17. The molecule has 0 saturated carbocycles. The van der Waals surface area contributed by atoms with E-state index in [1.807, 2.05) is 25.1 Å². The molecule has 0 spiro atoms. The lowest BCUT2D eigenvalue weighted by atomic mass is 10.1. The number of aliphatic carboxylic acids is 1. The normalized spacial score (nSPS) is 12.9. The lowest BCUT2D eigenvalue weighted by Crippen LogP contribution is -2.47. The predicted octanol–water partition coefficient (Wildman–Crippen LogP) is 2.93. The molecule has 0 unspecified atom stereocenters. The number of benzene rings is 2. The summed E-state index contributed by atoms with van der Waals surface area (Å²) in [6, 6.07) is 14.4. The van der Waals surface area contributed by atoms with E-state index >= 15 is 0 Å². The van der Waals surface area contributed by atoms with Crippen molar-refractivity contribution in [3.05, 3.63) is 76.1 Å². The number of hydrogen-bond donors (Lipinski definition) is 2. The van der Waals surface area contributed by atoms with Crippen molar-refractivity contribution < 1.29 is 23.8 Å². The van der Waals surface area contributed by atoms with Gasteiger partial charge in [0.25, 0.3) is 5.91 Å². The van der Waals surface area contributed by atoms with Crippen LogP contribution >= 0.6 is 0 Å². The second-order valence-corrected chi connectivity index (χ2v) is 6.95. The lowest BCUT2D eigenvalue weighted by molar-refractivity contribution is -0.142. The van der Waals surface area contributed by atoms with Gasteiger partial charge in [-0.15, -0.1) is 0 Å². The SMILES string of the molecule is CCc1cc(=O)oc2cc(O[C@@H](C)C(=O)N[C@@H](Cc3ccccc3)C(=O)O)ccc12. The van der Waals surface area contributed by atoms with Crippen LogP contribution < -0.4 is 15.7 Å². The zero-order valence-corrected chi connectivity index (χ0v) is 16.8. The summed E-state index contributed by atoms with van der Waals surface area (Å²) >= 11 is 0. The minimum atomic E-state index is -1.13. The molecule has 156 valence electrons. The summed E-state index contributed by atoms with van der Waals surface area (Å²) in [4.78, 5) is 35.8. The lowest BCUT2D eigenvalue weighted by Gasteiger charge is -2.19. The van der Waals surface area contributed by atoms with Crippen LogP contribution in [0.5, 0.6) is 5.75 Å². The molecular weight excluding hydrogens is 386 g/mol. The van der Waals surface area contributed by atoms with Crippen LogP contribution in [0.4, 0.5) is 0 Å². The summed E-state index contributed by atoms with van der Waals surface area (Å²) in [5.41, 5.74) is 1.59. The number of ether oxygens (including phenoxy) is 1. The molecular formula is C23H23NO6. The van der Waals surface area contributed by atoms with E-state index in [0.29, 0.717) is 17.8 Å². The van der Waals surface area contributed by atoms with Gasteiger partial charge in [0.2, 0.25) is 0 Å². The number of fused-ring (bicyclic) bond motifs is 1. The van der Waals surface area contributed by atoms with Gasteiger partial charge in [0.15, 0.2) is 6.10 Å². The quantitative estimate of drug-likeness (QED) is 0.554. The molecule has 30 heavy (non-hydrogen) atoms. The van der Waals surface area contributed by atoms with Gasteiger partial charge in [-0.1, -0.05) is 37.3 Å². The van der Waals surface area contributed by atoms with Crippen LogP contribution in [0.25, 0.3) is 11.0 Å². The van der Waals surface area contributed by atoms with Crippen LogP contribution in [0.2, 0.25) is 0 Å². The molecule has 2 aromatic carbocycles. The smallest absolute Gasteiger partial charge is 0.336 e. The Bertz CT molecular complexity index is 1110. The molecule has 0 aliphatic carbocycles. The first-order valence-corrected chi connectivity index (χ1v) is 9.68. The van der Waals surface area contributed by atoms with Crippen molar-refractivity contribution in [3.8, 4) is 5.75 Å². The van der Waals surface area contributed by atoms with Crippen molar-refractivity contribution >= 4 is 22.8 Å². The molecule has 1 aromatic heterocycles. The molecule has 3 rings (SSSR count). The van der Waals surface area contributed by atoms with E-state index in [1.54, 1.807) is 30.3 Å². The Labute approximate surface area is 173 Å². The number of carboxylic acids is 1. The summed E-state index contributed by atoms with van der Waals surface area (Å²) in [6.45, 7) is 3.47. The van der Waals surface area contributed by atoms with E-state index in [1.165, 1.54) is 13.0 Å². The maximum Gasteiger partial charge on any atom is 0.336 e. The van der Waals surface area contributed by atoms with Gasteiger partial charge < -0.3 is 19.6 Å². The fraction of sp³-hybridized carbons (Fsp3) is 0.261. The van der Waals surface area contributed by atoms with Gasteiger partial charge >= 0.3 is 11.6 Å². The second-order valence-electron chi connectivity index (χ2n) is 6.95. The van der Waals surface area contributed by atoms with Gasteiger partial charge in [-0.3, -0.25) is 4.79 Å². The Morgan fingerprint density at radius 2 is 1.87 bits per heavy atom. The number of aryl methyl sites for hydroxylation is 1. The Hall–Kier alpha value is -3.61. The summed E-state index contributed by atoms with van der Waals surface area (Å²) in [7, 11) is 0. The fourth-order valence-electron chi connectivity index (χ4n) is 3.17. The minimum Gasteiger partial charge on any atom is -0.481 e. The average Bonchev–Trinajstić information content (AvgIpc) is 2.72. The number of carboxylic acid groups (broad SMARTS) is 1. The number of amides is 1. The monoisotopic (exact) mass is 409 g/mol. The van der Waals surface area contributed by atoms with E-state index in [2.05, 4.69) is 5.32 Å². The number of carbonyl (C=O) groups is 2. The van der Waals surface area contributed by atoms with Gasteiger partial charge in [-0.2, -0.15) is 0 Å². The summed E-state index contributed by atoms with van der Waals surface area (Å²) in [5, 5.41) is 12.8. The highest BCUT2D eigenvalue weighted by Gasteiger charge is 2.24. The molecule has 0 saturated heterocycles. The second kappa shape index (κ2) is 9.26. The number of rotatable bonds is 8. The average molecular weight is 409 g/mol. The van der Waals surface area contributed by atoms with E-state index < -0.39 is 29.6 Å². The molecule has 0 aliphatic rings. The molecule has 1 heterocycles. The number of hydrogen-bond acceptors (Lipinski definition) is 5. The zero-order valence-electron chi connectivity index (χ0n) is 16.8. The van der Waals surface area contributed by atoms with Gasteiger partial charge in [0.1, 0.15) is 17.4 Å². The van der Waals surface area contributed by atoms with E-state index in [9.17, 15) is 19.5 Å². The molecule has 2 N–H and O–H groups in total. The van der Waals surface area contributed by atoms with Crippen LogP contribution in [0, 0.1) is 0 Å². The Morgan fingerprint density at radius 3 is 2.53 bits per heavy atom. The van der Waals surface area contributed by atoms with E-state index in [0.717, 1.165) is 16.5 Å². The molecule has 0 bridgehead atoms. The van der Waals surface area contributed by atoms with E-state index in [-0.39, 0.29) is 6.42 Å². The van der Waals surface area contributed by atoms with Crippen molar-refractivity contribution in [1.82, 2.24) is 5.32 Å². The third kappa shape index (κ3) is 5.05. The zero-order chi connectivity index (χ0) is 21.7. The van der Waals surface area contributed by atoms with Gasteiger partial charge in [-0.25, -0.2) is 9.59 Å². The molecule has 3 aromatic rings. The highest BCUT2D eigenvalue weighted by atomic mass is 16.5. The van der Waals surface area contributed by atoms with Crippen molar-refractivity contribution in [1.29, 1.82) is 0 Å². The van der Waals surface area contributed by atoms with Gasteiger partial charge in [0, 0.05) is 23.9 Å². The highest BCUT2D eigenvalue weighted by Crippen LogP contribution is 2.23. The van der Waals surface area contributed by atoms with E-state index in [4.69, 9.17) is 9.15 Å². The summed E-state index contributed by atoms with van der Waals surface area (Å²) < 4.78 is 10.9. The first kappa shape index (κ1) is 21.1. The van der Waals surface area contributed by atoms with Crippen LogP contribution in [0.15, 0.2) is 63.8 Å². The van der Waals surface area contributed by atoms with Crippen molar-refractivity contribution in [2.24, 2.45) is 0 Å². The standard InChI is InChI=1S/C23H23NO6/c1-3-16-12-21(25)30-20-13-17(9-10-18(16)20)29-14(2)22(26)24-19(23(27)28)11-15-7-5-4-6-8-15/h4-10,12-14,19H,3,11H2,1-2H3,(H,24,26)(H,27,28)/t14-,19-/m0/s1. The molecule has 0 radical (unpaired) electrons. The third-order valence-corrected chi connectivity index (χ3v) is 4.76. The predicted molar refractivity (Wildman–Crippen MR) is 112 cm³/mol. The number of carbonyl (C=O) groups excluding carboxylic acids is 1. The Kier molecular flexibility index (Phi) is 6.51. The summed E-state index contributed by atoms with van der Waals surface area (Å²) in [5.74, 6) is -1.34. The maximum atomic E-state index is 12.5.